The average molecular weight is 284 g/mol. The van der Waals surface area contributed by atoms with E-state index in [-0.39, 0.29) is 5.60 Å². The first-order valence-corrected chi connectivity index (χ1v) is 7.69. The zero-order chi connectivity index (χ0) is 15.2. The summed E-state index contributed by atoms with van der Waals surface area (Å²) in [5.41, 5.74) is -0.223. The van der Waals surface area contributed by atoms with Crippen molar-refractivity contribution >= 4 is 5.96 Å². The van der Waals surface area contributed by atoms with Crippen LogP contribution in [-0.4, -0.2) is 62.3 Å². The Balaban J connectivity index is 2.43. The molecule has 5 heteroatoms. The van der Waals surface area contributed by atoms with Gasteiger partial charge in [-0.05, 0) is 47.6 Å². The standard InChI is InChI=1S/C15H32N4O/c1-7-16-14(18-11-15(3,4)20-6)17-10-12(2)19(5)13-8-9-13/h12-13H,7-11H2,1-6H3,(H2,16,17,18). The van der Waals surface area contributed by atoms with Crippen molar-refractivity contribution in [3.63, 3.8) is 0 Å². The molecule has 1 rings (SSSR count). The fourth-order valence-corrected chi connectivity index (χ4v) is 1.91. The Morgan fingerprint density at radius 2 is 2.05 bits per heavy atom. The smallest absolute Gasteiger partial charge is 0.191 e. The molecule has 1 fully saturated rings. The van der Waals surface area contributed by atoms with Gasteiger partial charge in [-0.1, -0.05) is 0 Å². The van der Waals surface area contributed by atoms with Gasteiger partial charge in [-0.15, -0.1) is 0 Å². The molecule has 1 aliphatic carbocycles. The second-order valence-electron chi connectivity index (χ2n) is 6.29. The van der Waals surface area contributed by atoms with Gasteiger partial charge in [0.15, 0.2) is 5.96 Å². The average Bonchev–Trinajstić information content (AvgIpc) is 3.25. The molecule has 1 atom stereocenters. The van der Waals surface area contributed by atoms with Crippen LogP contribution in [0.1, 0.15) is 40.5 Å². The summed E-state index contributed by atoms with van der Waals surface area (Å²) >= 11 is 0. The van der Waals surface area contributed by atoms with Crippen LogP contribution >= 0.6 is 0 Å². The fourth-order valence-electron chi connectivity index (χ4n) is 1.91. The first-order valence-electron chi connectivity index (χ1n) is 7.69. The van der Waals surface area contributed by atoms with E-state index in [2.05, 4.69) is 41.4 Å². The number of rotatable bonds is 8. The number of methoxy groups -OCH3 is 1. The topological polar surface area (TPSA) is 48.9 Å². The van der Waals surface area contributed by atoms with Gasteiger partial charge in [-0.3, -0.25) is 9.89 Å². The van der Waals surface area contributed by atoms with Crippen molar-refractivity contribution < 1.29 is 4.74 Å². The normalized spacial score (nSPS) is 18.2. The first kappa shape index (κ1) is 17.2. The summed E-state index contributed by atoms with van der Waals surface area (Å²) in [7, 11) is 3.94. The highest BCUT2D eigenvalue weighted by molar-refractivity contribution is 5.79. The Bertz CT molecular complexity index is 313. The highest BCUT2D eigenvalue weighted by Gasteiger charge is 2.29. The van der Waals surface area contributed by atoms with Gasteiger partial charge in [0.25, 0.3) is 0 Å². The monoisotopic (exact) mass is 284 g/mol. The van der Waals surface area contributed by atoms with Crippen molar-refractivity contribution in [1.29, 1.82) is 0 Å². The Labute approximate surface area is 124 Å². The summed E-state index contributed by atoms with van der Waals surface area (Å²) < 4.78 is 5.40. The lowest BCUT2D eigenvalue weighted by atomic mass is 10.1. The van der Waals surface area contributed by atoms with Crippen molar-refractivity contribution in [2.24, 2.45) is 4.99 Å². The summed E-state index contributed by atoms with van der Waals surface area (Å²) in [5, 5.41) is 6.71. The molecule has 1 aliphatic rings. The van der Waals surface area contributed by atoms with E-state index in [1.165, 1.54) is 12.8 Å². The SMILES string of the molecule is CCNC(=NCC(C)(C)OC)NCC(C)N(C)C1CC1. The second kappa shape index (κ2) is 7.84. The molecule has 0 spiro atoms. The van der Waals surface area contributed by atoms with Crippen LogP contribution in [-0.2, 0) is 4.74 Å². The number of nitrogens with zero attached hydrogens (tertiary/aromatic N) is 2. The van der Waals surface area contributed by atoms with Crippen LogP contribution in [0, 0.1) is 0 Å². The minimum Gasteiger partial charge on any atom is -0.377 e. The Hall–Kier alpha value is -0.810. The van der Waals surface area contributed by atoms with Crippen LogP contribution in [0.3, 0.4) is 0 Å². The quantitative estimate of drug-likeness (QED) is 0.523. The van der Waals surface area contributed by atoms with Gasteiger partial charge in [0, 0.05) is 32.3 Å². The molecule has 0 aromatic carbocycles. The maximum Gasteiger partial charge on any atom is 0.191 e. The fraction of sp³-hybridized carbons (Fsp3) is 0.933. The Kier molecular flexibility index (Phi) is 6.76. The number of aliphatic imine (C=N–C) groups is 1. The molecule has 118 valence electrons. The molecule has 0 amide bonds. The molecule has 20 heavy (non-hydrogen) atoms. The maximum absolute atomic E-state index is 5.40. The lowest BCUT2D eigenvalue weighted by Gasteiger charge is -2.26. The summed E-state index contributed by atoms with van der Waals surface area (Å²) in [6, 6.07) is 1.31. The van der Waals surface area contributed by atoms with E-state index in [9.17, 15) is 0 Å². The summed E-state index contributed by atoms with van der Waals surface area (Å²) in [6.07, 6.45) is 2.69. The molecule has 0 bridgehead atoms. The van der Waals surface area contributed by atoms with Gasteiger partial charge in [0.05, 0.1) is 12.1 Å². The van der Waals surface area contributed by atoms with Crippen molar-refractivity contribution in [1.82, 2.24) is 15.5 Å². The minimum atomic E-state index is -0.223. The third-order valence-corrected chi connectivity index (χ3v) is 3.90. The molecule has 2 N–H and O–H groups in total. The third-order valence-electron chi connectivity index (χ3n) is 3.90. The lowest BCUT2D eigenvalue weighted by Crippen LogP contribution is -2.46. The van der Waals surface area contributed by atoms with Crippen LogP contribution in [0.25, 0.3) is 0 Å². The maximum atomic E-state index is 5.40. The molecule has 0 saturated heterocycles. The van der Waals surface area contributed by atoms with Crippen LogP contribution in [0.4, 0.5) is 0 Å². The minimum absolute atomic E-state index is 0.223. The van der Waals surface area contributed by atoms with E-state index in [0.717, 1.165) is 25.1 Å². The number of nitrogens with one attached hydrogen (secondary N) is 2. The van der Waals surface area contributed by atoms with Crippen molar-refractivity contribution in [2.75, 3.05) is 33.8 Å². The molecule has 0 heterocycles. The van der Waals surface area contributed by atoms with Crippen LogP contribution in [0.2, 0.25) is 0 Å². The lowest BCUT2D eigenvalue weighted by molar-refractivity contribution is 0.0310. The van der Waals surface area contributed by atoms with E-state index >= 15 is 0 Å². The molecule has 0 aromatic heterocycles. The van der Waals surface area contributed by atoms with Crippen molar-refractivity contribution in [3.05, 3.63) is 0 Å². The van der Waals surface area contributed by atoms with Gasteiger partial charge in [0.1, 0.15) is 0 Å². The van der Waals surface area contributed by atoms with Crippen molar-refractivity contribution in [2.45, 2.75) is 58.2 Å². The molecule has 0 aliphatic heterocycles. The van der Waals surface area contributed by atoms with Crippen molar-refractivity contribution in [3.8, 4) is 0 Å². The van der Waals surface area contributed by atoms with E-state index < -0.39 is 0 Å². The molecule has 0 aromatic rings. The van der Waals surface area contributed by atoms with Crippen LogP contribution < -0.4 is 10.6 Å². The number of ether oxygens (including phenoxy) is 1. The first-order chi connectivity index (χ1) is 9.39. The number of hydrogen-bond acceptors (Lipinski definition) is 3. The van der Waals surface area contributed by atoms with E-state index in [4.69, 9.17) is 4.74 Å². The van der Waals surface area contributed by atoms with Crippen LogP contribution in [0.5, 0.6) is 0 Å². The zero-order valence-electron chi connectivity index (χ0n) is 14.0. The second-order valence-corrected chi connectivity index (χ2v) is 6.29. The Morgan fingerprint density at radius 1 is 1.40 bits per heavy atom. The summed E-state index contributed by atoms with van der Waals surface area (Å²) in [4.78, 5) is 7.05. The number of likely N-dealkylation sites (N-methyl/N-ethyl adjacent to an activating group) is 1. The van der Waals surface area contributed by atoms with Gasteiger partial charge in [-0.25, -0.2) is 0 Å². The predicted octanol–water partition coefficient (Wildman–Crippen LogP) is 1.45. The van der Waals surface area contributed by atoms with E-state index in [1.54, 1.807) is 7.11 Å². The summed E-state index contributed by atoms with van der Waals surface area (Å²) in [6.45, 7) is 10.9. The van der Waals surface area contributed by atoms with E-state index in [1.807, 2.05) is 13.8 Å². The number of guanidine groups is 1. The number of hydrogen-bond donors (Lipinski definition) is 2. The largest absolute Gasteiger partial charge is 0.377 e. The predicted molar refractivity (Wildman–Crippen MR) is 85.3 cm³/mol. The summed E-state index contributed by atoms with van der Waals surface area (Å²) in [5.74, 6) is 0.869. The zero-order valence-corrected chi connectivity index (χ0v) is 14.0. The third kappa shape index (κ3) is 6.09. The van der Waals surface area contributed by atoms with Gasteiger partial charge in [0.2, 0.25) is 0 Å². The molecular weight excluding hydrogens is 252 g/mol. The van der Waals surface area contributed by atoms with Gasteiger partial charge < -0.3 is 15.4 Å². The Morgan fingerprint density at radius 3 is 2.55 bits per heavy atom. The molecule has 0 radical (unpaired) electrons. The molecule has 5 nitrogen and oxygen atoms in total. The highest BCUT2D eigenvalue weighted by atomic mass is 16.5. The molecular formula is C15H32N4O. The van der Waals surface area contributed by atoms with Crippen LogP contribution in [0.15, 0.2) is 4.99 Å². The molecule has 1 saturated carbocycles. The van der Waals surface area contributed by atoms with Gasteiger partial charge >= 0.3 is 0 Å². The highest BCUT2D eigenvalue weighted by Crippen LogP contribution is 2.26. The van der Waals surface area contributed by atoms with Gasteiger partial charge in [-0.2, -0.15) is 0 Å². The molecule has 1 unspecified atom stereocenters. The van der Waals surface area contributed by atoms with E-state index in [0.29, 0.717) is 12.6 Å².